The molecule has 2 aromatic carbocycles. The topological polar surface area (TPSA) is 47.6 Å². The lowest BCUT2D eigenvalue weighted by Gasteiger charge is -2.25. The number of nitrogens with one attached hydrogen (secondary N) is 1. The van der Waals surface area contributed by atoms with Crippen molar-refractivity contribution in [3.8, 4) is 11.5 Å². The molecule has 0 saturated carbocycles. The van der Waals surface area contributed by atoms with Gasteiger partial charge in [-0.15, -0.1) is 0 Å². The molecule has 2 rings (SSSR count). The molecule has 0 aromatic heterocycles. The molecule has 0 aliphatic carbocycles. The number of hydrogen-bond donors (Lipinski definition) is 1. The van der Waals surface area contributed by atoms with E-state index in [4.69, 9.17) is 9.47 Å². The third kappa shape index (κ3) is 6.29. The summed E-state index contributed by atoms with van der Waals surface area (Å²) in [6, 6.07) is 15.8. The van der Waals surface area contributed by atoms with Crippen molar-refractivity contribution < 1.29 is 14.3 Å². The van der Waals surface area contributed by atoms with Crippen LogP contribution in [0.2, 0.25) is 0 Å². The van der Waals surface area contributed by atoms with Crippen LogP contribution in [-0.2, 0) is 11.2 Å². The Kier molecular flexibility index (Phi) is 8.37. The number of benzene rings is 2. The predicted octanol–water partition coefficient (Wildman–Crippen LogP) is 5.32. The summed E-state index contributed by atoms with van der Waals surface area (Å²) in [7, 11) is 1.65. The van der Waals surface area contributed by atoms with Gasteiger partial charge in [0.05, 0.1) is 13.2 Å². The van der Waals surface area contributed by atoms with Gasteiger partial charge >= 0.3 is 0 Å². The molecule has 1 amide bonds. The Bertz CT molecular complexity index is 723. The molecule has 4 heteroatoms. The average Bonchev–Trinajstić information content (AvgIpc) is 2.71. The first-order valence-electron chi connectivity index (χ1n) is 10.2. The zero-order valence-corrected chi connectivity index (χ0v) is 17.7. The van der Waals surface area contributed by atoms with E-state index in [1.54, 1.807) is 7.11 Å². The molecule has 4 nitrogen and oxygen atoms in total. The Morgan fingerprint density at radius 2 is 1.57 bits per heavy atom. The molecule has 0 fully saturated rings. The maximum absolute atomic E-state index is 12.9. The highest BCUT2D eigenvalue weighted by Gasteiger charge is 2.23. The highest BCUT2D eigenvalue weighted by Crippen LogP contribution is 2.24. The summed E-state index contributed by atoms with van der Waals surface area (Å²) < 4.78 is 11.2. The summed E-state index contributed by atoms with van der Waals surface area (Å²) in [4.78, 5) is 12.9. The van der Waals surface area contributed by atoms with E-state index in [1.165, 1.54) is 5.56 Å². The zero-order chi connectivity index (χ0) is 20.5. The third-order valence-corrected chi connectivity index (χ3v) is 4.81. The molecule has 28 heavy (non-hydrogen) atoms. The molecule has 2 atom stereocenters. The lowest BCUT2D eigenvalue weighted by atomic mass is 9.96. The van der Waals surface area contributed by atoms with E-state index in [0.29, 0.717) is 12.3 Å². The van der Waals surface area contributed by atoms with Crippen LogP contribution in [0.4, 0.5) is 0 Å². The summed E-state index contributed by atoms with van der Waals surface area (Å²) in [5.41, 5.74) is 2.33. The van der Waals surface area contributed by atoms with Crippen molar-refractivity contribution in [2.45, 2.75) is 59.1 Å². The first-order chi connectivity index (χ1) is 13.5. The smallest absolute Gasteiger partial charge is 0.261 e. The van der Waals surface area contributed by atoms with E-state index in [-0.39, 0.29) is 11.9 Å². The Morgan fingerprint density at radius 1 is 0.964 bits per heavy atom. The molecular formula is C24H33NO3. The number of rotatable bonds is 10. The van der Waals surface area contributed by atoms with Crippen molar-refractivity contribution in [1.82, 2.24) is 5.32 Å². The van der Waals surface area contributed by atoms with Crippen LogP contribution in [-0.4, -0.2) is 19.1 Å². The molecule has 2 aromatic rings. The van der Waals surface area contributed by atoms with Crippen molar-refractivity contribution in [1.29, 1.82) is 0 Å². The van der Waals surface area contributed by atoms with Crippen LogP contribution < -0.4 is 14.8 Å². The van der Waals surface area contributed by atoms with Gasteiger partial charge in [0.2, 0.25) is 0 Å². The van der Waals surface area contributed by atoms with Crippen molar-refractivity contribution in [2.24, 2.45) is 5.92 Å². The molecule has 0 aliphatic rings. The fourth-order valence-corrected chi connectivity index (χ4v) is 3.14. The van der Waals surface area contributed by atoms with E-state index in [2.05, 4.69) is 26.1 Å². The van der Waals surface area contributed by atoms with Crippen LogP contribution in [0.5, 0.6) is 11.5 Å². The Hall–Kier alpha value is -2.49. The highest BCUT2D eigenvalue weighted by molar-refractivity contribution is 5.81. The van der Waals surface area contributed by atoms with Gasteiger partial charge in [-0.1, -0.05) is 52.0 Å². The van der Waals surface area contributed by atoms with E-state index >= 15 is 0 Å². The standard InChI is InChI=1S/C24H33NO3/c1-6-18-8-12-21(13-9-18)28-23(7-2)24(26)25-22(16-17(3)4)19-10-14-20(27-5)15-11-19/h8-15,17,22-23H,6-7,16H2,1-5H3,(H,25,26)/t22-,23-/m1/s1. The Balaban J connectivity index is 2.10. The fraction of sp³-hybridized carbons (Fsp3) is 0.458. The second-order valence-electron chi connectivity index (χ2n) is 7.48. The minimum absolute atomic E-state index is 0.0569. The van der Waals surface area contributed by atoms with Crippen LogP contribution in [0.25, 0.3) is 0 Å². The molecule has 152 valence electrons. The number of hydrogen-bond acceptors (Lipinski definition) is 3. The number of aryl methyl sites for hydroxylation is 1. The molecule has 0 heterocycles. The number of amides is 1. The average molecular weight is 384 g/mol. The lowest BCUT2D eigenvalue weighted by Crippen LogP contribution is -2.40. The second-order valence-corrected chi connectivity index (χ2v) is 7.48. The van der Waals surface area contributed by atoms with Crippen molar-refractivity contribution in [2.75, 3.05) is 7.11 Å². The highest BCUT2D eigenvalue weighted by atomic mass is 16.5. The van der Waals surface area contributed by atoms with Crippen LogP contribution in [0.15, 0.2) is 48.5 Å². The monoisotopic (exact) mass is 383 g/mol. The Morgan fingerprint density at radius 3 is 2.07 bits per heavy atom. The fourth-order valence-electron chi connectivity index (χ4n) is 3.14. The predicted molar refractivity (Wildman–Crippen MR) is 114 cm³/mol. The normalized spacial score (nSPS) is 13.1. The number of carbonyl (C=O) groups excluding carboxylic acids is 1. The molecule has 0 saturated heterocycles. The van der Waals surface area contributed by atoms with E-state index in [0.717, 1.165) is 29.9 Å². The minimum Gasteiger partial charge on any atom is -0.497 e. The van der Waals surface area contributed by atoms with Gasteiger partial charge in [-0.3, -0.25) is 4.79 Å². The first kappa shape index (κ1) is 21.8. The van der Waals surface area contributed by atoms with Gasteiger partial charge in [0.1, 0.15) is 11.5 Å². The van der Waals surface area contributed by atoms with Crippen LogP contribution >= 0.6 is 0 Å². The lowest BCUT2D eigenvalue weighted by molar-refractivity contribution is -0.129. The third-order valence-electron chi connectivity index (χ3n) is 4.81. The zero-order valence-electron chi connectivity index (χ0n) is 17.7. The van der Waals surface area contributed by atoms with Crippen LogP contribution in [0.1, 0.15) is 57.7 Å². The van der Waals surface area contributed by atoms with Crippen LogP contribution in [0.3, 0.4) is 0 Å². The largest absolute Gasteiger partial charge is 0.497 e. The van der Waals surface area contributed by atoms with Gasteiger partial charge in [-0.25, -0.2) is 0 Å². The van der Waals surface area contributed by atoms with E-state index in [9.17, 15) is 4.79 Å². The second kappa shape index (κ2) is 10.7. The van der Waals surface area contributed by atoms with Gasteiger partial charge in [0.25, 0.3) is 5.91 Å². The molecule has 0 bridgehead atoms. The van der Waals surface area contributed by atoms with Crippen molar-refractivity contribution >= 4 is 5.91 Å². The summed E-state index contributed by atoms with van der Waals surface area (Å²) >= 11 is 0. The summed E-state index contributed by atoms with van der Waals surface area (Å²) in [5, 5.41) is 3.19. The summed E-state index contributed by atoms with van der Waals surface area (Å²) in [6.45, 7) is 8.40. The van der Waals surface area contributed by atoms with E-state index < -0.39 is 6.10 Å². The molecular weight excluding hydrogens is 350 g/mol. The maximum Gasteiger partial charge on any atom is 0.261 e. The van der Waals surface area contributed by atoms with Gasteiger partial charge in [-0.05, 0) is 60.6 Å². The SMILES string of the molecule is CCc1ccc(O[C@H](CC)C(=O)N[C@H](CC(C)C)c2ccc(OC)cc2)cc1. The number of ether oxygens (including phenoxy) is 2. The maximum atomic E-state index is 12.9. The van der Waals surface area contributed by atoms with Crippen molar-refractivity contribution in [3.63, 3.8) is 0 Å². The number of methoxy groups -OCH3 is 1. The Labute approximate surface area is 169 Å². The van der Waals surface area contributed by atoms with Gasteiger partial charge in [0.15, 0.2) is 6.10 Å². The van der Waals surface area contributed by atoms with Gasteiger partial charge in [0, 0.05) is 0 Å². The first-order valence-corrected chi connectivity index (χ1v) is 10.2. The van der Waals surface area contributed by atoms with E-state index in [1.807, 2.05) is 55.5 Å². The molecule has 0 spiro atoms. The quantitative estimate of drug-likeness (QED) is 0.604. The summed E-state index contributed by atoms with van der Waals surface area (Å²) in [5.74, 6) is 1.91. The van der Waals surface area contributed by atoms with Crippen LogP contribution in [0, 0.1) is 5.92 Å². The molecule has 0 aliphatic heterocycles. The van der Waals surface area contributed by atoms with Gasteiger partial charge < -0.3 is 14.8 Å². The number of carbonyl (C=O) groups is 1. The van der Waals surface area contributed by atoms with Gasteiger partial charge in [-0.2, -0.15) is 0 Å². The molecule has 0 unspecified atom stereocenters. The molecule has 0 radical (unpaired) electrons. The molecule has 1 N–H and O–H groups in total. The van der Waals surface area contributed by atoms with Crippen molar-refractivity contribution in [3.05, 3.63) is 59.7 Å². The summed E-state index contributed by atoms with van der Waals surface area (Å²) in [6.07, 6.45) is 1.94. The minimum atomic E-state index is -0.514.